The molecule has 0 amide bonds. The van der Waals surface area contributed by atoms with Crippen LogP contribution in [0.5, 0.6) is 0 Å². The zero-order valence-electron chi connectivity index (χ0n) is 11.3. The molecule has 0 bridgehead atoms. The molecule has 0 aliphatic carbocycles. The van der Waals surface area contributed by atoms with Gasteiger partial charge in [0.2, 0.25) is 0 Å². The summed E-state index contributed by atoms with van der Waals surface area (Å²) in [7, 11) is 0. The fourth-order valence-electron chi connectivity index (χ4n) is 2.18. The van der Waals surface area contributed by atoms with Crippen molar-refractivity contribution in [3.05, 3.63) is 33.7 Å². The van der Waals surface area contributed by atoms with Gasteiger partial charge in [0, 0.05) is 22.2 Å². The average molecular weight is 247 g/mol. The first-order valence-electron chi connectivity index (χ1n) is 6.21. The van der Waals surface area contributed by atoms with Gasteiger partial charge >= 0.3 is 0 Å². The molecule has 2 aromatic rings. The Morgan fingerprint density at radius 2 is 1.88 bits per heavy atom. The average Bonchev–Trinajstić information content (AvgIpc) is 2.54. The summed E-state index contributed by atoms with van der Waals surface area (Å²) >= 11 is 1.94. The predicted octanol–water partition coefficient (Wildman–Crippen LogP) is 4.32. The zero-order valence-corrected chi connectivity index (χ0v) is 12.2. The van der Waals surface area contributed by atoms with Crippen molar-refractivity contribution in [3.63, 3.8) is 0 Å². The van der Waals surface area contributed by atoms with E-state index in [1.54, 1.807) is 0 Å². The lowest BCUT2D eigenvalue weighted by atomic mass is 10.1. The molecule has 1 nitrogen and oxygen atoms in total. The van der Waals surface area contributed by atoms with Gasteiger partial charge in [-0.1, -0.05) is 31.5 Å². The van der Waals surface area contributed by atoms with Crippen LogP contribution in [0.4, 0.5) is 0 Å². The number of nitrogens with one attached hydrogen (secondary N) is 1. The van der Waals surface area contributed by atoms with Gasteiger partial charge in [-0.05, 0) is 37.3 Å². The second kappa shape index (κ2) is 4.79. The Balaban J connectivity index is 2.45. The molecule has 0 saturated carbocycles. The zero-order chi connectivity index (χ0) is 12.6. The topological polar surface area (TPSA) is 12.0 Å². The smallest absolute Gasteiger partial charge is 0.0378 e. The van der Waals surface area contributed by atoms with Crippen LogP contribution in [0.2, 0.25) is 0 Å². The van der Waals surface area contributed by atoms with Crippen molar-refractivity contribution >= 4 is 21.4 Å². The van der Waals surface area contributed by atoms with E-state index < -0.39 is 0 Å². The molecule has 1 aromatic carbocycles. The summed E-state index contributed by atoms with van der Waals surface area (Å²) < 4.78 is 1.45. The highest BCUT2D eigenvalue weighted by atomic mass is 32.1. The number of benzene rings is 1. The SMILES string of the molecule is Cc1cc(C)c2sc(CNC(C)C)c(C)c2c1. The van der Waals surface area contributed by atoms with Crippen molar-refractivity contribution in [3.8, 4) is 0 Å². The lowest BCUT2D eigenvalue weighted by Gasteiger charge is -2.06. The Morgan fingerprint density at radius 3 is 2.53 bits per heavy atom. The van der Waals surface area contributed by atoms with E-state index in [1.807, 2.05) is 11.3 Å². The Morgan fingerprint density at radius 1 is 1.18 bits per heavy atom. The Kier molecular flexibility index (Phi) is 3.55. The quantitative estimate of drug-likeness (QED) is 0.851. The van der Waals surface area contributed by atoms with Crippen LogP contribution in [0.15, 0.2) is 12.1 Å². The summed E-state index contributed by atoms with van der Waals surface area (Å²) in [5.74, 6) is 0. The van der Waals surface area contributed by atoms with Crippen LogP contribution in [0.1, 0.15) is 35.4 Å². The number of thiophene rings is 1. The van der Waals surface area contributed by atoms with Gasteiger partial charge in [0.05, 0.1) is 0 Å². The van der Waals surface area contributed by atoms with Crippen molar-refractivity contribution in [2.45, 2.75) is 47.2 Å². The van der Waals surface area contributed by atoms with Crippen molar-refractivity contribution < 1.29 is 0 Å². The first kappa shape index (κ1) is 12.6. The summed E-state index contributed by atoms with van der Waals surface area (Å²) in [6.45, 7) is 12.0. The fourth-order valence-corrected chi connectivity index (χ4v) is 3.39. The van der Waals surface area contributed by atoms with Crippen LogP contribution in [-0.2, 0) is 6.54 Å². The number of rotatable bonds is 3. The highest BCUT2D eigenvalue weighted by Crippen LogP contribution is 2.33. The van der Waals surface area contributed by atoms with Gasteiger partial charge in [-0.3, -0.25) is 0 Å². The molecule has 2 rings (SSSR count). The molecule has 0 fully saturated rings. The summed E-state index contributed by atoms with van der Waals surface area (Å²) in [6.07, 6.45) is 0. The summed E-state index contributed by atoms with van der Waals surface area (Å²) in [6, 6.07) is 5.13. The summed E-state index contributed by atoms with van der Waals surface area (Å²) in [5, 5.41) is 4.95. The maximum absolute atomic E-state index is 3.51. The van der Waals surface area contributed by atoms with Gasteiger partial charge in [-0.25, -0.2) is 0 Å². The third kappa shape index (κ3) is 2.53. The molecular formula is C15H21NS. The van der Waals surface area contributed by atoms with Crippen LogP contribution in [-0.4, -0.2) is 6.04 Å². The molecule has 1 aromatic heterocycles. The molecule has 0 saturated heterocycles. The van der Waals surface area contributed by atoms with Crippen molar-refractivity contribution in [1.29, 1.82) is 0 Å². The fraction of sp³-hybridized carbons (Fsp3) is 0.467. The molecule has 1 N–H and O–H groups in total. The number of hydrogen-bond acceptors (Lipinski definition) is 2. The number of hydrogen-bond donors (Lipinski definition) is 1. The lowest BCUT2D eigenvalue weighted by molar-refractivity contribution is 0.592. The van der Waals surface area contributed by atoms with E-state index >= 15 is 0 Å². The maximum atomic E-state index is 3.51. The van der Waals surface area contributed by atoms with Crippen LogP contribution < -0.4 is 5.32 Å². The highest BCUT2D eigenvalue weighted by molar-refractivity contribution is 7.19. The molecule has 0 aliphatic rings. The molecule has 2 heteroatoms. The lowest BCUT2D eigenvalue weighted by Crippen LogP contribution is -2.21. The van der Waals surface area contributed by atoms with E-state index in [2.05, 4.69) is 52.1 Å². The van der Waals surface area contributed by atoms with Gasteiger partial charge in [0.15, 0.2) is 0 Å². The predicted molar refractivity (Wildman–Crippen MR) is 78.0 cm³/mol. The Hall–Kier alpha value is -0.860. The molecule has 0 aliphatic heterocycles. The summed E-state index contributed by atoms with van der Waals surface area (Å²) in [5.41, 5.74) is 4.22. The summed E-state index contributed by atoms with van der Waals surface area (Å²) in [4.78, 5) is 1.47. The van der Waals surface area contributed by atoms with Crippen molar-refractivity contribution in [1.82, 2.24) is 5.32 Å². The van der Waals surface area contributed by atoms with Crippen LogP contribution in [0, 0.1) is 20.8 Å². The van der Waals surface area contributed by atoms with E-state index in [-0.39, 0.29) is 0 Å². The van der Waals surface area contributed by atoms with E-state index in [4.69, 9.17) is 0 Å². The third-order valence-electron chi connectivity index (χ3n) is 3.14. The van der Waals surface area contributed by atoms with E-state index in [9.17, 15) is 0 Å². The van der Waals surface area contributed by atoms with Crippen molar-refractivity contribution in [2.24, 2.45) is 0 Å². The molecule has 1 heterocycles. The highest BCUT2D eigenvalue weighted by Gasteiger charge is 2.10. The molecule has 0 unspecified atom stereocenters. The van der Waals surface area contributed by atoms with Gasteiger partial charge in [0.1, 0.15) is 0 Å². The molecule has 0 radical (unpaired) electrons. The Labute approximate surface area is 108 Å². The molecule has 0 spiro atoms. The second-order valence-electron chi connectivity index (χ2n) is 5.14. The van der Waals surface area contributed by atoms with Gasteiger partial charge in [-0.15, -0.1) is 11.3 Å². The van der Waals surface area contributed by atoms with E-state index in [1.165, 1.54) is 31.7 Å². The monoisotopic (exact) mass is 247 g/mol. The first-order valence-corrected chi connectivity index (χ1v) is 7.03. The van der Waals surface area contributed by atoms with Gasteiger partial charge in [0.25, 0.3) is 0 Å². The number of fused-ring (bicyclic) bond motifs is 1. The number of aryl methyl sites for hydroxylation is 3. The van der Waals surface area contributed by atoms with Crippen molar-refractivity contribution in [2.75, 3.05) is 0 Å². The van der Waals surface area contributed by atoms with Gasteiger partial charge < -0.3 is 5.32 Å². The Bertz CT molecular complexity index is 537. The normalized spacial score (nSPS) is 11.6. The minimum absolute atomic E-state index is 0.544. The second-order valence-corrected chi connectivity index (χ2v) is 6.25. The first-order chi connectivity index (χ1) is 7.99. The van der Waals surface area contributed by atoms with E-state index in [0.717, 1.165) is 6.54 Å². The van der Waals surface area contributed by atoms with Crippen LogP contribution in [0.25, 0.3) is 10.1 Å². The van der Waals surface area contributed by atoms with E-state index in [0.29, 0.717) is 6.04 Å². The molecule has 92 valence electrons. The molecule has 17 heavy (non-hydrogen) atoms. The largest absolute Gasteiger partial charge is 0.310 e. The van der Waals surface area contributed by atoms with Gasteiger partial charge in [-0.2, -0.15) is 0 Å². The molecular weight excluding hydrogens is 226 g/mol. The maximum Gasteiger partial charge on any atom is 0.0378 e. The van der Waals surface area contributed by atoms with Crippen LogP contribution >= 0.6 is 11.3 Å². The minimum atomic E-state index is 0.544. The van der Waals surface area contributed by atoms with Crippen LogP contribution in [0.3, 0.4) is 0 Å². The molecule has 0 atom stereocenters. The standard InChI is InChI=1S/C15H21NS/c1-9(2)16-8-14-12(5)13-7-10(3)6-11(4)15(13)17-14/h6-7,9,16H,8H2,1-5H3. The minimum Gasteiger partial charge on any atom is -0.310 e. The third-order valence-corrected chi connectivity index (χ3v) is 4.58.